The summed E-state index contributed by atoms with van der Waals surface area (Å²) in [6.07, 6.45) is 2.19. The zero-order valence-corrected chi connectivity index (χ0v) is 20.4. The zero-order chi connectivity index (χ0) is 26.1. The Hall–Kier alpha value is -3.29. The molecule has 0 unspecified atom stereocenters. The number of aromatic nitrogens is 2. The Morgan fingerprint density at radius 3 is 2.56 bits per heavy atom. The Balaban J connectivity index is 1.71. The molecular weight excluding hydrogens is 500 g/mol. The minimum atomic E-state index is -3.73. The molecule has 0 bridgehead atoms. The molecule has 2 aromatic carbocycles. The fourth-order valence-electron chi connectivity index (χ4n) is 4.33. The van der Waals surface area contributed by atoms with E-state index in [1.165, 1.54) is 22.8 Å². The van der Waals surface area contributed by atoms with Crippen molar-refractivity contribution >= 4 is 27.1 Å². The monoisotopic (exact) mass is 525 g/mol. The highest BCUT2D eigenvalue weighted by molar-refractivity contribution is 7.85. The highest BCUT2D eigenvalue weighted by Gasteiger charge is 2.39. The van der Waals surface area contributed by atoms with Crippen molar-refractivity contribution in [2.24, 2.45) is 0 Å². The molecule has 0 aliphatic carbocycles. The van der Waals surface area contributed by atoms with Gasteiger partial charge >= 0.3 is 6.09 Å². The lowest BCUT2D eigenvalue weighted by molar-refractivity contribution is 0.0478. The van der Waals surface area contributed by atoms with Crippen molar-refractivity contribution in [2.75, 3.05) is 39.9 Å². The van der Waals surface area contributed by atoms with Gasteiger partial charge in [-0.2, -0.15) is 17.9 Å². The number of rotatable bonds is 8. The molecule has 1 N–H and O–H groups in total. The number of fused-ring (bicyclic) bond motifs is 1. The number of hydrogen-bond donors (Lipinski definition) is 1. The number of methoxy groups -OCH3 is 1. The lowest BCUT2D eigenvalue weighted by Gasteiger charge is -2.40. The molecule has 3 aromatic rings. The van der Waals surface area contributed by atoms with E-state index in [-0.39, 0.29) is 37.9 Å². The number of likely N-dealkylation sites (tertiary alicyclic amines) is 1. The van der Waals surface area contributed by atoms with Gasteiger partial charge in [-0.1, -0.05) is 6.07 Å². The van der Waals surface area contributed by atoms with E-state index in [1.807, 2.05) is 6.07 Å². The summed E-state index contributed by atoms with van der Waals surface area (Å²) < 4.78 is 68.3. The molecule has 194 valence electrons. The lowest BCUT2D eigenvalue weighted by Crippen LogP contribution is -2.47. The Labute approximate surface area is 206 Å². The number of hydrogen-bond acceptors (Lipinski definition) is 7. The van der Waals surface area contributed by atoms with Crippen LogP contribution in [0.1, 0.15) is 18.4 Å². The van der Waals surface area contributed by atoms with E-state index < -0.39 is 33.3 Å². The topological polar surface area (TPSA) is 120 Å². The largest absolute Gasteiger partial charge is 0.465 e. The van der Waals surface area contributed by atoms with Crippen LogP contribution in [-0.4, -0.2) is 74.2 Å². The predicted octanol–water partition coefficient (Wildman–Crippen LogP) is 3.27. The van der Waals surface area contributed by atoms with Gasteiger partial charge in [0.1, 0.15) is 0 Å². The highest BCUT2D eigenvalue weighted by Crippen LogP contribution is 2.38. The van der Waals surface area contributed by atoms with Gasteiger partial charge < -0.3 is 19.5 Å². The minimum Gasteiger partial charge on any atom is -0.465 e. The van der Waals surface area contributed by atoms with Gasteiger partial charge in [0.25, 0.3) is 10.1 Å². The molecule has 4 rings (SSSR count). The molecule has 0 radical (unpaired) electrons. The van der Waals surface area contributed by atoms with E-state index >= 15 is 0 Å². The molecule has 1 aliphatic heterocycles. The normalized spacial score (nSPS) is 15.8. The van der Waals surface area contributed by atoms with Crippen molar-refractivity contribution in [3.05, 3.63) is 53.7 Å². The number of ether oxygens (including phenoxy) is 2. The fourth-order valence-corrected chi connectivity index (χ4v) is 4.77. The molecule has 2 heterocycles. The third kappa shape index (κ3) is 5.27. The van der Waals surface area contributed by atoms with Gasteiger partial charge in [-0.05, 0) is 30.5 Å². The van der Waals surface area contributed by atoms with Crippen molar-refractivity contribution in [1.29, 1.82) is 0 Å². The lowest BCUT2D eigenvalue weighted by atomic mass is 9.73. The maximum atomic E-state index is 14.2. The standard InChI is InChI=1S/C23H25F2N3O7S/c1-33-14-34-20-11-17(10-18(24)21(20)25)28-19-4-3-16(9-15(19)12-26-28)23(13-35-36(2,31)32)5-7-27(8-6-23)22(29)30/h3-4,9-12H,5-8,13-14H2,1-2H3,(H,29,30). The molecule has 1 amide bonds. The summed E-state index contributed by atoms with van der Waals surface area (Å²) in [6.45, 7) is 0.0417. The number of halogens is 2. The van der Waals surface area contributed by atoms with Crippen molar-refractivity contribution in [3.63, 3.8) is 0 Å². The summed E-state index contributed by atoms with van der Waals surface area (Å²) in [4.78, 5) is 12.7. The predicted molar refractivity (Wildman–Crippen MR) is 125 cm³/mol. The molecule has 1 saturated heterocycles. The fraction of sp³-hybridized carbons (Fsp3) is 0.391. The number of benzene rings is 2. The maximum Gasteiger partial charge on any atom is 0.407 e. The first-order chi connectivity index (χ1) is 17.0. The van der Waals surface area contributed by atoms with E-state index in [9.17, 15) is 27.1 Å². The number of amides is 1. The molecule has 1 aromatic heterocycles. The number of carboxylic acid groups (broad SMARTS) is 1. The summed E-state index contributed by atoms with van der Waals surface area (Å²) in [6, 6.07) is 7.65. The van der Waals surface area contributed by atoms with Gasteiger partial charge in [-0.3, -0.25) is 4.18 Å². The second kappa shape index (κ2) is 9.99. The Kier molecular flexibility index (Phi) is 7.16. The number of nitrogens with zero attached hydrogens (tertiary/aromatic N) is 3. The maximum absolute atomic E-state index is 14.2. The van der Waals surface area contributed by atoms with Gasteiger partial charge in [0.15, 0.2) is 18.4 Å². The first-order valence-electron chi connectivity index (χ1n) is 10.9. The molecule has 1 aliphatic rings. The van der Waals surface area contributed by atoms with Crippen LogP contribution in [0.2, 0.25) is 0 Å². The van der Waals surface area contributed by atoms with Crippen LogP contribution in [0.3, 0.4) is 0 Å². The van der Waals surface area contributed by atoms with Crippen LogP contribution in [0.15, 0.2) is 36.5 Å². The van der Waals surface area contributed by atoms with Crippen molar-refractivity contribution in [1.82, 2.24) is 14.7 Å². The first-order valence-corrected chi connectivity index (χ1v) is 12.8. The second-order valence-corrected chi connectivity index (χ2v) is 10.3. The zero-order valence-electron chi connectivity index (χ0n) is 19.6. The molecule has 0 spiro atoms. The second-order valence-electron chi connectivity index (χ2n) is 8.64. The average molecular weight is 526 g/mol. The quantitative estimate of drug-likeness (QED) is 0.352. The Bertz CT molecular complexity index is 1390. The molecule has 0 atom stereocenters. The van der Waals surface area contributed by atoms with Gasteiger partial charge in [0.2, 0.25) is 5.82 Å². The third-order valence-corrected chi connectivity index (χ3v) is 6.82. The van der Waals surface area contributed by atoms with Crippen LogP contribution < -0.4 is 4.74 Å². The molecule has 0 saturated carbocycles. The molecular formula is C23H25F2N3O7S. The SMILES string of the molecule is COCOc1cc(-n2ncc3cc(C4(COS(C)(=O)=O)CCN(C(=O)O)CC4)ccc32)cc(F)c1F. The summed E-state index contributed by atoms with van der Waals surface area (Å²) in [5, 5.41) is 14.3. The first kappa shape index (κ1) is 25.8. The summed E-state index contributed by atoms with van der Waals surface area (Å²) in [7, 11) is -2.37. The molecule has 1 fully saturated rings. The molecule has 10 nitrogen and oxygen atoms in total. The summed E-state index contributed by atoms with van der Waals surface area (Å²) in [5.41, 5.74) is 0.837. The van der Waals surface area contributed by atoms with Crippen LogP contribution in [0.25, 0.3) is 16.6 Å². The summed E-state index contributed by atoms with van der Waals surface area (Å²) in [5.74, 6) is -2.58. The van der Waals surface area contributed by atoms with Gasteiger partial charge in [-0.15, -0.1) is 0 Å². The van der Waals surface area contributed by atoms with Crippen molar-refractivity contribution in [2.45, 2.75) is 18.3 Å². The van der Waals surface area contributed by atoms with Gasteiger partial charge in [-0.25, -0.2) is 13.9 Å². The molecule has 36 heavy (non-hydrogen) atoms. The summed E-state index contributed by atoms with van der Waals surface area (Å²) >= 11 is 0. The van der Waals surface area contributed by atoms with Crippen molar-refractivity contribution < 1.29 is 40.8 Å². The molecule has 13 heteroatoms. The van der Waals surface area contributed by atoms with Gasteiger partial charge in [0, 0.05) is 43.1 Å². The van der Waals surface area contributed by atoms with E-state index in [2.05, 4.69) is 5.10 Å². The third-order valence-electron chi connectivity index (χ3n) is 6.28. The number of piperidine rings is 1. The van der Waals surface area contributed by atoms with Gasteiger partial charge in [0.05, 0.1) is 30.3 Å². The Morgan fingerprint density at radius 1 is 1.19 bits per heavy atom. The van der Waals surface area contributed by atoms with E-state index in [0.717, 1.165) is 17.9 Å². The van der Waals surface area contributed by atoms with Crippen LogP contribution in [0, 0.1) is 11.6 Å². The smallest absolute Gasteiger partial charge is 0.407 e. The van der Waals surface area contributed by atoms with E-state index in [0.29, 0.717) is 23.7 Å². The van der Waals surface area contributed by atoms with Crippen LogP contribution in [0.5, 0.6) is 5.75 Å². The van der Waals surface area contributed by atoms with E-state index in [4.69, 9.17) is 13.7 Å². The highest BCUT2D eigenvalue weighted by atomic mass is 32.2. The average Bonchev–Trinajstić information content (AvgIpc) is 3.27. The van der Waals surface area contributed by atoms with Crippen LogP contribution in [0.4, 0.5) is 13.6 Å². The van der Waals surface area contributed by atoms with E-state index in [1.54, 1.807) is 18.3 Å². The minimum absolute atomic E-state index is 0.137. The van der Waals surface area contributed by atoms with Crippen LogP contribution >= 0.6 is 0 Å². The van der Waals surface area contributed by atoms with Crippen LogP contribution in [-0.2, 0) is 24.5 Å². The Morgan fingerprint density at radius 2 is 1.92 bits per heavy atom. The number of carbonyl (C=O) groups is 1. The van der Waals surface area contributed by atoms with Crippen molar-refractivity contribution in [3.8, 4) is 11.4 Å².